The van der Waals surface area contributed by atoms with Crippen LogP contribution in [0.4, 0.5) is 4.79 Å². The summed E-state index contributed by atoms with van der Waals surface area (Å²) in [7, 11) is 0. The number of likely N-dealkylation sites (tertiary alicyclic amines) is 1. The normalized spacial score (nSPS) is 17.3. The second-order valence-electron chi connectivity index (χ2n) is 9.39. The molecular formula is C23H33N2O5-. The fraction of sp³-hybridized carbons (Fsp3) is 0.609. The van der Waals surface area contributed by atoms with Crippen LogP contribution in [0.2, 0.25) is 0 Å². The summed E-state index contributed by atoms with van der Waals surface area (Å²) < 4.78 is 5.45. The Hall–Kier alpha value is -2.57. The van der Waals surface area contributed by atoms with Gasteiger partial charge in [0.15, 0.2) is 0 Å². The fourth-order valence-corrected chi connectivity index (χ4v) is 3.78. The highest BCUT2D eigenvalue weighted by molar-refractivity contribution is 5.91. The second-order valence-corrected chi connectivity index (χ2v) is 9.39. The number of hydrogen-bond acceptors (Lipinski definition) is 5. The van der Waals surface area contributed by atoms with Crippen molar-refractivity contribution in [1.82, 2.24) is 10.2 Å². The minimum Gasteiger partial charge on any atom is -0.548 e. The number of rotatable bonds is 6. The van der Waals surface area contributed by atoms with Crippen molar-refractivity contribution in [3.63, 3.8) is 0 Å². The summed E-state index contributed by atoms with van der Waals surface area (Å²) in [6.45, 7) is 9.92. The van der Waals surface area contributed by atoms with Crippen LogP contribution in [0, 0.1) is 5.92 Å². The lowest BCUT2D eigenvalue weighted by Crippen LogP contribution is -2.57. The molecule has 0 aliphatic carbocycles. The van der Waals surface area contributed by atoms with Gasteiger partial charge in [0, 0.05) is 13.1 Å². The van der Waals surface area contributed by atoms with Crippen molar-refractivity contribution in [3.8, 4) is 0 Å². The van der Waals surface area contributed by atoms with E-state index in [0.29, 0.717) is 32.4 Å². The van der Waals surface area contributed by atoms with Crippen LogP contribution in [0.5, 0.6) is 0 Å². The number of carbonyl (C=O) groups excluding carboxylic acids is 3. The SMILES string of the molecule is CC(C)C[C@@H](NC(=O)C1(c2ccccc2)CCN(C(=O)OC(C)(C)C)CC1)C(=O)[O-]. The van der Waals surface area contributed by atoms with E-state index in [-0.39, 0.29) is 11.8 Å². The number of ether oxygens (including phenoxy) is 1. The van der Waals surface area contributed by atoms with Crippen LogP contribution < -0.4 is 10.4 Å². The van der Waals surface area contributed by atoms with Crippen molar-refractivity contribution >= 4 is 18.0 Å². The minimum absolute atomic E-state index is 0.0925. The van der Waals surface area contributed by atoms with Gasteiger partial charge in [-0.1, -0.05) is 44.2 Å². The Morgan fingerprint density at radius 1 is 1.13 bits per heavy atom. The maximum absolute atomic E-state index is 13.4. The first kappa shape index (κ1) is 23.7. The molecule has 30 heavy (non-hydrogen) atoms. The minimum atomic E-state index is -1.29. The third-order valence-electron chi connectivity index (χ3n) is 5.33. The molecule has 1 aromatic rings. The van der Waals surface area contributed by atoms with Crippen molar-refractivity contribution < 1.29 is 24.2 Å². The van der Waals surface area contributed by atoms with Gasteiger partial charge in [-0.3, -0.25) is 4.79 Å². The average molecular weight is 418 g/mol. The van der Waals surface area contributed by atoms with Crippen LogP contribution in [-0.4, -0.2) is 47.6 Å². The number of nitrogens with one attached hydrogen (secondary N) is 1. The van der Waals surface area contributed by atoms with E-state index in [1.807, 2.05) is 65.0 Å². The lowest BCUT2D eigenvalue weighted by Gasteiger charge is -2.42. The Bertz CT molecular complexity index is 747. The van der Waals surface area contributed by atoms with Gasteiger partial charge in [0.1, 0.15) is 5.60 Å². The molecule has 0 spiro atoms. The molecule has 0 saturated carbocycles. The summed E-state index contributed by atoms with van der Waals surface area (Å²) in [6.07, 6.45) is 0.646. The Balaban J connectivity index is 2.24. The van der Waals surface area contributed by atoms with E-state index in [9.17, 15) is 19.5 Å². The average Bonchev–Trinajstić information content (AvgIpc) is 2.66. The Labute approximate surface area is 178 Å². The van der Waals surface area contributed by atoms with E-state index in [2.05, 4.69) is 5.32 Å². The molecule has 1 atom stereocenters. The molecule has 0 unspecified atom stereocenters. The molecule has 166 valence electrons. The molecule has 0 radical (unpaired) electrons. The third-order valence-corrected chi connectivity index (χ3v) is 5.33. The van der Waals surface area contributed by atoms with Gasteiger partial charge < -0.3 is 24.9 Å². The van der Waals surface area contributed by atoms with E-state index in [1.165, 1.54) is 0 Å². The number of hydrogen-bond donors (Lipinski definition) is 1. The largest absolute Gasteiger partial charge is 0.548 e. The van der Waals surface area contributed by atoms with Crippen molar-refractivity contribution in [2.24, 2.45) is 5.92 Å². The molecule has 1 heterocycles. The van der Waals surface area contributed by atoms with E-state index in [0.717, 1.165) is 5.56 Å². The smallest absolute Gasteiger partial charge is 0.410 e. The number of amides is 2. The van der Waals surface area contributed by atoms with Crippen molar-refractivity contribution in [3.05, 3.63) is 35.9 Å². The van der Waals surface area contributed by atoms with E-state index >= 15 is 0 Å². The lowest BCUT2D eigenvalue weighted by atomic mass is 9.71. The molecule has 0 aromatic heterocycles. The first-order valence-corrected chi connectivity index (χ1v) is 10.5. The fourth-order valence-electron chi connectivity index (χ4n) is 3.78. The molecule has 2 amide bonds. The lowest BCUT2D eigenvalue weighted by molar-refractivity contribution is -0.308. The molecule has 1 saturated heterocycles. The number of benzene rings is 1. The number of piperidine rings is 1. The summed E-state index contributed by atoms with van der Waals surface area (Å²) in [5.41, 5.74) is -0.696. The Morgan fingerprint density at radius 3 is 2.17 bits per heavy atom. The van der Waals surface area contributed by atoms with E-state index in [4.69, 9.17) is 4.74 Å². The highest BCUT2D eigenvalue weighted by atomic mass is 16.6. The molecule has 1 fully saturated rings. The number of carboxylic acid groups (broad SMARTS) is 1. The van der Waals surface area contributed by atoms with Gasteiger partial charge in [-0.25, -0.2) is 4.79 Å². The zero-order chi connectivity index (χ0) is 22.5. The highest BCUT2D eigenvalue weighted by Gasteiger charge is 2.44. The Morgan fingerprint density at radius 2 is 1.70 bits per heavy atom. The first-order chi connectivity index (χ1) is 13.9. The third kappa shape index (κ3) is 5.97. The predicted molar refractivity (Wildman–Crippen MR) is 112 cm³/mol. The molecule has 1 aromatic carbocycles. The van der Waals surface area contributed by atoms with Gasteiger partial charge in [-0.15, -0.1) is 0 Å². The topological polar surface area (TPSA) is 98.8 Å². The van der Waals surface area contributed by atoms with Crippen LogP contribution in [0.3, 0.4) is 0 Å². The zero-order valence-electron chi connectivity index (χ0n) is 18.6. The summed E-state index contributed by atoms with van der Waals surface area (Å²) >= 11 is 0. The molecule has 0 bridgehead atoms. The summed E-state index contributed by atoms with van der Waals surface area (Å²) in [5, 5.41) is 14.3. The number of carboxylic acids is 1. The molecule has 1 aliphatic rings. The van der Waals surface area contributed by atoms with Crippen LogP contribution in [-0.2, 0) is 19.7 Å². The highest BCUT2D eigenvalue weighted by Crippen LogP contribution is 2.36. The van der Waals surface area contributed by atoms with Crippen molar-refractivity contribution in [2.45, 2.75) is 70.9 Å². The van der Waals surface area contributed by atoms with Gasteiger partial charge in [-0.2, -0.15) is 0 Å². The molecule has 2 rings (SSSR count). The molecule has 1 N–H and O–H groups in total. The Kier molecular flexibility index (Phi) is 7.50. The summed E-state index contributed by atoms with van der Waals surface area (Å²) in [5.74, 6) is -1.53. The predicted octanol–water partition coefficient (Wildman–Crippen LogP) is 2.24. The van der Waals surface area contributed by atoms with E-state index < -0.39 is 29.1 Å². The quantitative estimate of drug-likeness (QED) is 0.765. The molecule has 7 heteroatoms. The number of nitrogens with zero attached hydrogens (tertiary/aromatic N) is 1. The van der Waals surface area contributed by atoms with Crippen LogP contribution in [0.25, 0.3) is 0 Å². The number of carbonyl (C=O) groups is 3. The van der Waals surface area contributed by atoms with Crippen molar-refractivity contribution in [1.29, 1.82) is 0 Å². The van der Waals surface area contributed by atoms with Gasteiger partial charge in [0.05, 0.1) is 17.4 Å². The van der Waals surface area contributed by atoms with Crippen molar-refractivity contribution in [2.75, 3.05) is 13.1 Å². The first-order valence-electron chi connectivity index (χ1n) is 10.5. The van der Waals surface area contributed by atoms with Crippen LogP contribution in [0.15, 0.2) is 30.3 Å². The van der Waals surface area contributed by atoms with Gasteiger partial charge in [-0.05, 0) is 51.5 Å². The molecule has 1 aliphatic heterocycles. The van der Waals surface area contributed by atoms with E-state index in [1.54, 1.807) is 4.90 Å². The van der Waals surface area contributed by atoms with Crippen LogP contribution in [0.1, 0.15) is 59.4 Å². The second kappa shape index (κ2) is 9.49. The summed E-state index contributed by atoms with van der Waals surface area (Å²) in [6, 6.07) is 8.28. The number of aliphatic carboxylic acids is 1. The maximum Gasteiger partial charge on any atom is 0.410 e. The zero-order valence-corrected chi connectivity index (χ0v) is 18.6. The van der Waals surface area contributed by atoms with Gasteiger partial charge in [0.2, 0.25) is 5.91 Å². The van der Waals surface area contributed by atoms with Gasteiger partial charge in [0.25, 0.3) is 0 Å². The molecule has 7 nitrogen and oxygen atoms in total. The summed E-state index contributed by atoms with van der Waals surface area (Å²) in [4.78, 5) is 39.0. The molecular weight excluding hydrogens is 384 g/mol. The standard InChI is InChI=1S/C23H34N2O5/c1-16(2)15-18(19(26)27)24-20(28)23(17-9-7-6-8-10-17)11-13-25(14-12-23)21(29)30-22(3,4)5/h6-10,16,18H,11-15H2,1-5H3,(H,24,28)(H,26,27)/p-1/t18-/m1/s1. The maximum atomic E-state index is 13.4. The van der Waals surface area contributed by atoms with Gasteiger partial charge >= 0.3 is 6.09 Å². The van der Waals surface area contributed by atoms with Crippen LogP contribution >= 0.6 is 0 Å². The monoisotopic (exact) mass is 417 g/mol.